The van der Waals surface area contributed by atoms with Gasteiger partial charge in [0, 0.05) is 48.9 Å². The third kappa shape index (κ3) is 2.11. The Labute approximate surface area is 132 Å². The zero-order chi connectivity index (χ0) is 15.1. The highest BCUT2D eigenvalue weighted by Crippen LogP contribution is 2.36. The van der Waals surface area contributed by atoms with Crippen molar-refractivity contribution in [2.45, 2.75) is 0 Å². The minimum Gasteiger partial charge on any atom is -0.337 e. The summed E-state index contributed by atoms with van der Waals surface area (Å²) < 4.78 is 0. The zero-order valence-corrected chi connectivity index (χ0v) is 12.7. The van der Waals surface area contributed by atoms with Crippen LogP contribution in [0.4, 0.5) is 5.69 Å². The minimum atomic E-state index is -0.0642. The summed E-state index contributed by atoms with van der Waals surface area (Å²) in [5.74, 6) is 0.309. The van der Waals surface area contributed by atoms with Crippen LogP contribution in [0.15, 0.2) is 41.4 Å². The van der Waals surface area contributed by atoms with Crippen LogP contribution in [0, 0.1) is 11.8 Å². The molecule has 2 amide bonds. The van der Waals surface area contributed by atoms with Gasteiger partial charge in [-0.25, -0.2) is 0 Å². The Hall–Kier alpha value is -2.21. The van der Waals surface area contributed by atoms with Crippen molar-refractivity contribution in [1.82, 2.24) is 9.88 Å². The number of likely N-dealkylation sites (tertiary alicyclic amines) is 1. The minimum absolute atomic E-state index is 0.00770. The summed E-state index contributed by atoms with van der Waals surface area (Å²) in [4.78, 5) is 32.6. The largest absolute Gasteiger partial charge is 0.337 e. The smallest absolute Gasteiger partial charge is 0.253 e. The van der Waals surface area contributed by atoms with Gasteiger partial charge >= 0.3 is 0 Å². The van der Waals surface area contributed by atoms with Crippen molar-refractivity contribution >= 4 is 28.8 Å². The van der Waals surface area contributed by atoms with Gasteiger partial charge in [0.25, 0.3) is 5.91 Å². The van der Waals surface area contributed by atoms with E-state index in [0.717, 1.165) is 5.69 Å². The van der Waals surface area contributed by atoms with Crippen LogP contribution in [0.3, 0.4) is 0 Å². The van der Waals surface area contributed by atoms with Gasteiger partial charge in [-0.1, -0.05) is 0 Å². The molecule has 0 unspecified atom stereocenters. The molecule has 0 saturated carbocycles. The standard InChI is InChI=1S/C16H15N3O2S/c20-15(11-1-4-17-5-2-11)18-7-12-8-19(13-3-6-22-10-13)16(21)14(12)9-18/h1-6,10,12,14H,7-9H2/t12-,14-/m0/s1. The van der Waals surface area contributed by atoms with Gasteiger partial charge in [-0.3, -0.25) is 14.6 Å². The van der Waals surface area contributed by atoms with E-state index >= 15 is 0 Å². The average molecular weight is 313 g/mol. The number of amides is 2. The molecule has 6 heteroatoms. The number of rotatable bonds is 2. The van der Waals surface area contributed by atoms with Gasteiger partial charge in [0.1, 0.15) is 0 Å². The normalized spacial score (nSPS) is 23.9. The molecule has 22 heavy (non-hydrogen) atoms. The number of anilines is 1. The lowest BCUT2D eigenvalue weighted by atomic mass is 10.0. The topological polar surface area (TPSA) is 53.5 Å². The van der Waals surface area contributed by atoms with Crippen molar-refractivity contribution in [3.8, 4) is 0 Å². The first-order valence-corrected chi connectivity index (χ1v) is 8.21. The SMILES string of the molecule is O=C(c1ccncc1)N1C[C@H]2CN(c3ccsc3)C(=O)[C@H]2C1. The number of hydrogen-bond donors (Lipinski definition) is 0. The molecule has 0 spiro atoms. The number of carbonyl (C=O) groups is 2. The maximum absolute atomic E-state index is 12.6. The number of thiophene rings is 1. The Morgan fingerprint density at radius 3 is 2.68 bits per heavy atom. The lowest BCUT2D eigenvalue weighted by molar-refractivity contribution is -0.120. The molecule has 4 heterocycles. The van der Waals surface area contributed by atoms with E-state index in [-0.39, 0.29) is 23.7 Å². The van der Waals surface area contributed by atoms with Gasteiger partial charge < -0.3 is 9.80 Å². The highest BCUT2D eigenvalue weighted by atomic mass is 32.1. The predicted molar refractivity (Wildman–Crippen MR) is 83.8 cm³/mol. The molecule has 2 aliphatic rings. The number of fused-ring (bicyclic) bond motifs is 1. The fraction of sp³-hybridized carbons (Fsp3) is 0.312. The predicted octanol–water partition coefficient (Wildman–Crippen LogP) is 1.88. The van der Waals surface area contributed by atoms with Crippen molar-refractivity contribution in [3.05, 3.63) is 46.9 Å². The van der Waals surface area contributed by atoms with Crippen LogP contribution in [-0.4, -0.2) is 41.3 Å². The van der Waals surface area contributed by atoms with E-state index in [1.807, 2.05) is 21.7 Å². The summed E-state index contributed by atoms with van der Waals surface area (Å²) in [6.45, 7) is 1.88. The number of pyridine rings is 1. The number of nitrogens with zero attached hydrogens (tertiary/aromatic N) is 3. The van der Waals surface area contributed by atoms with Crippen LogP contribution in [0.5, 0.6) is 0 Å². The number of aromatic nitrogens is 1. The summed E-state index contributed by atoms with van der Waals surface area (Å²) in [5.41, 5.74) is 1.62. The van der Waals surface area contributed by atoms with Gasteiger partial charge in [0.2, 0.25) is 5.91 Å². The Kier molecular flexibility index (Phi) is 3.18. The molecule has 2 aromatic rings. The highest BCUT2D eigenvalue weighted by molar-refractivity contribution is 7.08. The molecule has 0 bridgehead atoms. The van der Waals surface area contributed by atoms with Gasteiger partial charge in [0.15, 0.2) is 0 Å². The van der Waals surface area contributed by atoms with Crippen molar-refractivity contribution in [2.75, 3.05) is 24.5 Å². The second-order valence-corrected chi connectivity index (χ2v) is 6.52. The first-order valence-electron chi connectivity index (χ1n) is 7.27. The summed E-state index contributed by atoms with van der Waals surface area (Å²) in [7, 11) is 0. The third-order valence-electron chi connectivity index (χ3n) is 4.47. The van der Waals surface area contributed by atoms with E-state index in [9.17, 15) is 9.59 Å². The van der Waals surface area contributed by atoms with Gasteiger partial charge in [-0.05, 0) is 23.6 Å². The van der Waals surface area contributed by atoms with Crippen LogP contribution < -0.4 is 4.90 Å². The van der Waals surface area contributed by atoms with Gasteiger partial charge in [0.05, 0.1) is 11.6 Å². The molecule has 2 atom stereocenters. The number of carbonyl (C=O) groups excluding carboxylic acids is 2. The molecular weight excluding hydrogens is 298 g/mol. The van der Waals surface area contributed by atoms with Gasteiger partial charge in [-0.15, -0.1) is 0 Å². The maximum Gasteiger partial charge on any atom is 0.253 e. The molecule has 0 aliphatic carbocycles. The maximum atomic E-state index is 12.6. The first kappa shape index (κ1) is 13.5. The molecule has 2 saturated heterocycles. The van der Waals surface area contributed by atoms with Crippen LogP contribution >= 0.6 is 11.3 Å². The van der Waals surface area contributed by atoms with E-state index < -0.39 is 0 Å². The van der Waals surface area contributed by atoms with Crippen molar-refractivity contribution in [3.63, 3.8) is 0 Å². The lowest BCUT2D eigenvalue weighted by Gasteiger charge is -2.21. The first-order chi connectivity index (χ1) is 10.7. The van der Waals surface area contributed by atoms with E-state index in [1.165, 1.54) is 0 Å². The Morgan fingerprint density at radius 2 is 2.00 bits per heavy atom. The van der Waals surface area contributed by atoms with E-state index in [2.05, 4.69) is 4.98 Å². The molecule has 5 nitrogen and oxygen atoms in total. The molecule has 4 rings (SSSR count). The van der Waals surface area contributed by atoms with Crippen LogP contribution in [0.1, 0.15) is 10.4 Å². The second-order valence-electron chi connectivity index (χ2n) is 5.74. The second kappa shape index (κ2) is 5.21. The van der Waals surface area contributed by atoms with Crippen molar-refractivity contribution in [1.29, 1.82) is 0 Å². The number of hydrogen-bond acceptors (Lipinski definition) is 4. The van der Waals surface area contributed by atoms with Crippen LogP contribution in [-0.2, 0) is 4.79 Å². The molecular formula is C16H15N3O2S. The summed E-state index contributed by atoms with van der Waals surface area (Å²) in [5, 5.41) is 3.98. The van der Waals surface area contributed by atoms with Crippen molar-refractivity contribution < 1.29 is 9.59 Å². The van der Waals surface area contributed by atoms with Crippen molar-refractivity contribution in [2.24, 2.45) is 11.8 Å². The average Bonchev–Trinajstić information content (AvgIpc) is 3.25. The van der Waals surface area contributed by atoms with E-state index in [1.54, 1.807) is 40.8 Å². The zero-order valence-electron chi connectivity index (χ0n) is 11.9. The summed E-state index contributed by atoms with van der Waals surface area (Å²) >= 11 is 1.59. The van der Waals surface area contributed by atoms with Crippen LogP contribution in [0.25, 0.3) is 0 Å². The lowest BCUT2D eigenvalue weighted by Crippen LogP contribution is -2.35. The molecule has 0 N–H and O–H groups in total. The monoisotopic (exact) mass is 313 g/mol. The summed E-state index contributed by atoms with van der Waals surface area (Å²) in [6.07, 6.45) is 3.24. The molecule has 112 valence electrons. The fourth-order valence-electron chi connectivity index (χ4n) is 3.35. The Balaban J connectivity index is 1.49. The third-order valence-corrected chi connectivity index (χ3v) is 5.14. The van der Waals surface area contributed by atoms with E-state index in [4.69, 9.17) is 0 Å². The molecule has 0 aromatic carbocycles. The van der Waals surface area contributed by atoms with Crippen LogP contribution in [0.2, 0.25) is 0 Å². The summed E-state index contributed by atoms with van der Waals surface area (Å²) in [6, 6.07) is 5.41. The molecule has 0 radical (unpaired) electrons. The Morgan fingerprint density at radius 1 is 1.18 bits per heavy atom. The quantitative estimate of drug-likeness (QED) is 0.850. The molecule has 2 aromatic heterocycles. The fourth-order valence-corrected chi connectivity index (χ4v) is 3.99. The molecule has 2 aliphatic heterocycles. The van der Waals surface area contributed by atoms with Gasteiger partial charge in [-0.2, -0.15) is 11.3 Å². The molecule has 2 fully saturated rings. The highest BCUT2D eigenvalue weighted by Gasteiger charge is 2.47. The van der Waals surface area contributed by atoms with E-state index in [0.29, 0.717) is 25.2 Å². The Bertz CT molecular complexity index is 701.